The number of hydrogen-bond donors (Lipinski definition) is 1. The molecule has 0 aliphatic heterocycles. The fourth-order valence-corrected chi connectivity index (χ4v) is 3.05. The molecule has 0 saturated carbocycles. The van der Waals surface area contributed by atoms with Gasteiger partial charge in [0.2, 0.25) is 0 Å². The quantitative estimate of drug-likeness (QED) is 0.920. The molecular formula is C16H16N2O2S. The summed E-state index contributed by atoms with van der Waals surface area (Å²) < 4.78 is 0. The lowest BCUT2D eigenvalue weighted by Crippen LogP contribution is -2.17. The van der Waals surface area contributed by atoms with Gasteiger partial charge < -0.3 is 5.11 Å². The van der Waals surface area contributed by atoms with Crippen LogP contribution in [0.5, 0.6) is 0 Å². The molecule has 1 N–H and O–H groups in total. The van der Waals surface area contributed by atoms with E-state index in [1.54, 1.807) is 12.1 Å². The van der Waals surface area contributed by atoms with E-state index in [4.69, 9.17) is 10.4 Å². The molecule has 21 heavy (non-hydrogen) atoms. The van der Waals surface area contributed by atoms with Gasteiger partial charge >= 0.3 is 5.97 Å². The molecule has 0 saturated heterocycles. The molecule has 0 bridgehead atoms. The van der Waals surface area contributed by atoms with Gasteiger partial charge in [-0.1, -0.05) is 12.1 Å². The maximum absolute atomic E-state index is 11.0. The molecule has 1 aromatic heterocycles. The largest absolute Gasteiger partial charge is 0.477 e. The van der Waals surface area contributed by atoms with E-state index in [0.717, 1.165) is 16.0 Å². The van der Waals surface area contributed by atoms with Crippen LogP contribution in [0.25, 0.3) is 0 Å². The predicted molar refractivity (Wildman–Crippen MR) is 82.3 cm³/mol. The Bertz CT molecular complexity index is 701. The third-order valence-corrected chi connectivity index (χ3v) is 4.26. The second-order valence-electron chi connectivity index (χ2n) is 4.98. The lowest BCUT2D eigenvalue weighted by molar-refractivity contribution is 0.0702. The van der Waals surface area contributed by atoms with Gasteiger partial charge in [-0.3, -0.25) is 4.90 Å². The zero-order chi connectivity index (χ0) is 15.4. The molecule has 0 radical (unpaired) electrons. The summed E-state index contributed by atoms with van der Waals surface area (Å²) in [6.45, 7) is 3.34. The van der Waals surface area contributed by atoms with Crippen LogP contribution in [0.15, 0.2) is 30.3 Å². The first-order valence-electron chi connectivity index (χ1n) is 6.50. The number of nitriles is 1. The first kappa shape index (κ1) is 15.2. The summed E-state index contributed by atoms with van der Waals surface area (Å²) in [5.41, 5.74) is 2.76. The summed E-state index contributed by atoms with van der Waals surface area (Å²) in [4.78, 5) is 14.5. The van der Waals surface area contributed by atoms with Crippen molar-refractivity contribution in [3.05, 3.63) is 56.8 Å². The highest BCUT2D eigenvalue weighted by Crippen LogP contribution is 2.23. The van der Waals surface area contributed by atoms with Gasteiger partial charge in [0.05, 0.1) is 11.6 Å². The highest BCUT2D eigenvalue weighted by Gasteiger charge is 2.12. The smallest absolute Gasteiger partial charge is 0.345 e. The van der Waals surface area contributed by atoms with Gasteiger partial charge in [0, 0.05) is 18.0 Å². The predicted octanol–water partition coefficient (Wildman–Crippen LogP) is 3.26. The van der Waals surface area contributed by atoms with Crippen molar-refractivity contribution >= 4 is 17.3 Å². The van der Waals surface area contributed by atoms with Crippen LogP contribution in [-0.2, 0) is 13.1 Å². The molecule has 0 aliphatic rings. The average molecular weight is 300 g/mol. The van der Waals surface area contributed by atoms with Crippen LogP contribution in [0.3, 0.4) is 0 Å². The molecular weight excluding hydrogens is 284 g/mol. The van der Waals surface area contributed by atoms with Crippen LogP contribution in [0, 0.1) is 18.3 Å². The number of carboxylic acids is 1. The highest BCUT2D eigenvalue weighted by molar-refractivity contribution is 7.14. The first-order valence-corrected chi connectivity index (χ1v) is 7.31. The van der Waals surface area contributed by atoms with Crippen molar-refractivity contribution in [2.45, 2.75) is 20.0 Å². The number of thiophene rings is 1. The Morgan fingerprint density at radius 3 is 2.76 bits per heavy atom. The molecule has 2 aromatic rings. The summed E-state index contributed by atoms with van der Waals surface area (Å²) in [5, 5.41) is 17.9. The monoisotopic (exact) mass is 300 g/mol. The van der Waals surface area contributed by atoms with Crippen molar-refractivity contribution in [1.82, 2.24) is 4.90 Å². The van der Waals surface area contributed by atoms with Crippen molar-refractivity contribution in [3.8, 4) is 6.07 Å². The van der Waals surface area contributed by atoms with Crippen molar-refractivity contribution < 1.29 is 9.90 Å². The molecule has 1 heterocycles. The highest BCUT2D eigenvalue weighted by atomic mass is 32.1. The van der Waals surface area contributed by atoms with Crippen molar-refractivity contribution in [2.24, 2.45) is 0 Å². The van der Waals surface area contributed by atoms with Crippen molar-refractivity contribution in [2.75, 3.05) is 7.05 Å². The van der Waals surface area contributed by atoms with E-state index in [-0.39, 0.29) is 0 Å². The van der Waals surface area contributed by atoms with Crippen LogP contribution >= 0.6 is 11.3 Å². The van der Waals surface area contributed by atoms with Crippen LogP contribution in [0.2, 0.25) is 0 Å². The minimum Gasteiger partial charge on any atom is -0.477 e. The number of hydrogen-bond acceptors (Lipinski definition) is 4. The summed E-state index contributed by atoms with van der Waals surface area (Å²) in [6, 6.07) is 11.4. The molecule has 5 heteroatoms. The molecule has 0 aliphatic carbocycles. The first-order chi connectivity index (χ1) is 9.99. The molecule has 0 spiro atoms. The summed E-state index contributed by atoms with van der Waals surface area (Å²) in [5.74, 6) is -0.876. The fourth-order valence-electron chi connectivity index (χ4n) is 2.18. The van der Waals surface area contributed by atoms with Gasteiger partial charge in [-0.15, -0.1) is 11.3 Å². The number of rotatable bonds is 5. The molecule has 0 fully saturated rings. The SMILES string of the molecule is Cc1sc(C(=O)O)cc1CN(C)Cc1cccc(C#N)c1. The molecule has 1 aromatic carbocycles. The third-order valence-electron chi connectivity index (χ3n) is 3.18. The summed E-state index contributed by atoms with van der Waals surface area (Å²) in [7, 11) is 1.98. The summed E-state index contributed by atoms with van der Waals surface area (Å²) in [6.07, 6.45) is 0. The van der Waals surface area contributed by atoms with Gasteiger partial charge in [-0.05, 0) is 43.3 Å². The van der Waals surface area contributed by atoms with Gasteiger partial charge in [-0.25, -0.2) is 4.79 Å². The van der Waals surface area contributed by atoms with E-state index in [2.05, 4.69) is 11.0 Å². The lowest BCUT2D eigenvalue weighted by Gasteiger charge is -2.16. The molecule has 0 unspecified atom stereocenters. The van der Waals surface area contributed by atoms with Crippen LogP contribution in [0.4, 0.5) is 0 Å². The van der Waals surface area contributed by atoms with Crippen LogP contribution in [-0.4, -0.2) is 23.0 Å². The number of benzene rings is 1. The number of carbonyl (C=O) groups is 1. The third kappa shape index (κ3) is 3.91. The Morgan fingerprint density at radius 1 is 1.38 bits per heavy atom. The van der Waals surface area contributed by atoms with E-state index in [1.807, 2.05) is 32.2 Å². The topological polar surface area (TPSA) is 64.3 Å². The number of aryl methyl sites for hydroxylation is 1. The van der Waals surface area contributed by atoms with Crippen LogP contribution < -0.4 is 0 Å². The number of carboxylic acid groups (broad SMARTS) is 1. The van der Waals surface area contributed by atoms with E-state index in [1.165, 1.54) is 11.3 Å². The standard InChI is InChI=1S/C16H16N2O2S/c1-11-14(7-15(21-11)16(19)20)10-18(2)9-13-5-3-4-12(6-13)8-17/h3-7H,9-10H2,1-2H3,(H,19,20). The Kier molecular flexibility index (Phi) is 4.73. The second-order valence-corrected chi connectivity index (χ2v) is 6.24. The van der Waals surface area contributed by atoms with Gasteiger partial charge in [0.15, 0.2) is 0 Å². The van der Waals surface area contributed by atoms with E-state index in [0.29, 0.717) is 23.5 Å². The van der Waals surface area contributed by atoms with E-state index >= 15 is 0 Å². The average Bonchev–Trinajstić information content (AvgIpc) is 2.80. The Hall–Kier alpha value is -2.16. The normalized spacial score (nSPS) is 10.6. The second kappa shape index (κ2) is 6.53. The fraction of sp³-hybridized carbons (Fsp3) is 0.250. The summed E-state index contributed by atoms with van der Waals surface area (Å²) >= 11 is 1.31. The molecule has 4 nitrogen and oxygen atoms in total. The Balaban J connectivity index is 2.06. The maximum atomic E-state index is 11.0. The zero-order valence-electron chi connectivity index (χ0n) is 12.0. The number of nitrogens with zero attached hydrogens (tertiary/aromatic N) is 2. The molecule has 108 valence electrons. The Labute approximate surface area is 127 Å². The minimum atomic E-state index is -0.876. The van der Waals surface area contributed by atoms with E-state index in [9.17, 15) is 4.79 Å². The van der Waals surface area contributed by atoms with Gasteiger partial charge in [0.1, 0.15) is 4.88 Å². The molecule has 0 atom stereocenters. The molecule has 2 rings (SSSR count). The van der Waals surface area contributed by atoms with Crippen molar-refractivity contribution in [1.29, 1.82) is 5.26 Å². The van der Waals surface area contributed by atoms with Gasteiger partial charge in [0.25, 0.3) is 0 Å². The zero-order valence-corrected chi connectivity index (χ0v) is 12.8. The van der Waals surface area contributed by atoms with Gasteiger partial charge in [-0.2, -0.15) is 5.26 Å². The number of aromatic carboxylic acids is 1. The minimum absolute atomic E-state index is 0.377. The lowest BCUT2D eigenvalue weighted by atomic mass is 10.1. The van der Waals surface area contributed by atoms with Crippen molar-refractivity contribution in [3.63, 3.8) is 0 Å². The maximum Gasteiger partial charge on any atom is 0.345 e. The molecule has 0 amide bonds. The van der Waals surface area contributed by atoms with Crippen LogP contribution in [0.1, 0.15) is 31.2 Å². The Morgan fingerprint density at radius 2 is 2.14 bits per heavy atom. The van der Waals surface area contributed by atoms with E-state index < -0.39 is 5.97 Å².